The summed E-state index contributed by atoms with van der Waals surface area (Å²) in [5.74, 6) is 2.46. The minimum Gasteiger partial charge on any atom is -0.248 e. The van der Waals surface area contributed by atoms with Gasteiger partial charge in [-0.05, 0) is 87.9 Å². The zero-order valence-electron chi connectivity index (χ0n) is 14.7. The van der Waals surface area contributed by atoms with Crippen molar-refractivity contribution in [3.8, 4) is 0 Å². The molecule has 3 atom stereocenters. The van der Waals surface area contributed by atoms with Crippen LogP contribution in [0.15, 0.2) is 12.2 Å². The highest BCUT2D eigenvalue weighted by atomic mass is 127. The maximum Gasteiger partial charge on any atom is 0.0976 e. The maximum atomic E-state index is 13.0. The molecule has 0 radical (unpaired) electrons. The molecule has 128 valence electrons. The topological polar surface area (TPSA) is 0 Å². The van der Waals surface area contributed by atoms with E-state index in [1.807, 2.05) is 0 Å². The quantitative estimate of drug-likeness (QED) is 0.223. The van der Waals surface area contributed by atoms with Crippen LogP contribution in [0.1, 0.15) is 78.6 Å². The molecule has 2 heteroatoms. The van der Waals surface area contributed by atoms with Gasteiger partial charge in [-0.1, -0.05) is 48.6 Å². The second kappa shape index (κ2) is 7.98. The molecular formula is C20H34FI. The molecule has 22 heavy (non-hydrogen) atoms. The van der Waals surface area contributed by atoms with Gasteiger partial charge in [-0.2, -0.15) is 0 Å². The normalized spacial score (nSPS) is 31.3. The molecule has 2 rings (SSSR count). The fraction of sp³-hybridized carbons (Fsp3) is 0.900. The second-order valence-corrected chi connectivity index (χ2v) is 9.98. The van der Waals surface area contributed by atoms with Crippen LogP contribution in [0.5, 0.6) is 0 Å². The van der Waals surface area contributed by atoms with Crippen LogP contribution in [0.2, 0.25) is 0 Å². The van der Waals surface area contributed by atoms with Crippen molar-refractivity contribution in [1.29, 1.82) is 0 Å². The fourth-order valence-electron chi connectivity index (χ4n) is 4.71. The molecule has 2 aliphatic carbocycles. The van der Waals surface area contributed by atoms with Gasteiger partial charge in [0, 0.05) is 3.92 Å². The number of alkyl halides is 2. The van der Waals surface area contributed by atoms with Gasteiger partial charge >= 0.3 is 0 Å². The zero-order chi connectivity index (χ0) is 16.3. The lowest BCUT2D eigenvalue weighted by Crippen LogP contribution is -2.31. The number of halogens is 2. The summed E-state index contributed by atoms with van der Waals surface area (Å²) in [4.78, 5) is 0. The molecule has 2 unspecified atom stereocenters. The molecule has 0 bridgehead atoms. The van der Waals surface area contributed by atoms with Gasteiger partial charge < -0.3 is 0 Å². The monoisotopic (exact) mass is 420 g/mol. The van der Waals surface area contributed by atoms with E-state index in [4.69, 9.17) is 0 Å². The highest BCUT2D eigenvalue weighted by Crippen LogP contribution is 2.63. The summed E-state index contributed by atoms with van der Waals surface area (Å²) in [5.41, 5.74) is 1.90. The first kappa shape index (κ1) is 18.7. The number of hydrogen-bond donors (Lipinski definition) is 0. The third-order valence-corrected chi connectivity index (χ3v) is 7.81. The van der Waals surface area contributed by atoms with Gasteiger partial charge in [-0.3, -0.25) is 0 Å². The summed E-state index contributed by atoms with van der Waals surface area (Å²) in [6.45, 7) is 10.7. The van der Waals surface area contributed by atoms with Crippen LogP contribution in [-0.4, -0.2) is 10.1 Å². The van der Waals surface area contributed by atoms with E-state index in [0.29, 0.717) is 17.8 Å². The Hall–Kier alpha value is 0.400. The van der Waals surface area contributed by atoms with Gasteiger partial charge in [0.2, 0.25) is 0 Å². The van der Waals surface area contributed by atoms with Crippen LogP contribution in [0.3, 0.4) is 0 Å². The van der Waals surface area contributed by atoms with Crippen molar-refractivity contribution in [2.75, 3.05) is 0 Å². The number of hydrogen-bond acceptors (Lipinski definition) is 0. The molecule has 0 nitrogen and oxygen atoms in total. The summed E-state index contributed by atoms with van der Waals surface area (Å²) in [7, 11) is 0. The van der Waals surface area contributed by atoms with Gasteiger partial charge in [0.25, 0.3) is 0 Å². The van der Waals surface area contributed by atoms with Crippen LogP contribution in [0, 0.1) is 23.2 Å². The molecule has 0 aromatic carbocycles. The molecule has 2 aliphatic rings. The number of rotatable bonds is 8. The van der Waals surface area contributed by atoms with Crippen molar-refractivity contribution in [2.45, 2.75) is 88.7 Å². The molecule has 0 N–H and O–H groups in total. The Morgan fingerprint density at radius 3 is 2.27 bits per heavy atom. The summed E-state index contributed by atoms with van der Waals surface area (Å²) < 4.78 is 13.9. The third-order valence-electron chi connectivity index (χ3n) is 6.56. The zero-order valence-corrected chi connectivity index (χ0v) is 16.9. The average molecular weight is 420 g/mol. The second-order valence-electron chi connectivity index (χ2n) is 8.22. The Kier molecular flexibility index (Phi) is 6.80. The Morgan fingerprint density at radius 1 is 1.18 bits per heavy atom. The van der Waals surface area contributed by atoms with Crippen molar-refractivity contribution in [1.82, 2.24) is 0 Å². The van der Waals surface area contributed by atoms with Crippen molar-refractivity contribution in [3.63, 3.8) is 0 Å². The minimum absolute atomic E-state index is 0.643. The Balaban J connectivity index is 1.84. The molecule has 0 heterocycles. The maximum absolute atomic E-state index is 13.0. The molecule has 0 aromatic rings. The summed E-state index contributed by atoms with van der Waals surface area (Å²) in [6, 6.07) is 0. The fourth-order valence-corrected chi connectivity index (χ4v) is 5.43. The van der Waals surface area contributed by atoms with Crippen LogP contribution >= 0.6 is 22.6 Å². The van der Waals surface area contributed by atoms with Crippen LogP contribution in [0.25, 0.3) is 0 Å². The van der Waals surface area contributed by atoms with Crippen molar-refractivity contribution >= 4 is 22.6 Å². The Labute approximate surface area is 150 Å². The van der Waals surface area contributed by atoms with Crippen molar-refractivity contribution < 1.29 is 4.39 Å². The predicted octanol–water partition coefficient (Wildman–Crippen LogP) is 7.12. The lowest BCUT2D eigenvalue weighted by atomic mass is 9.67. The summed E-state index contributed by atoms with van der Waals surface area (Å²) in [5, 5.41) is 0. The van der Waals surface area contributed by atoms with E-state index in [9.17, 15) is 4.39 Å². The SMILES string of the molecule is C=C(CCC(C)F)CC(C)[C@H](C)C1(C2CCC(I)CC2)CC1. The average Bonchev–Trinajstić information content (AvgIpc) is 3.26. The molecule has 0 saturated heterocycles. The largest absolute Gasteiger partial charge is 0.248 e. The van der Waals surface area contributed by atoms with Gasteiger partial charge in [0.1, 0.15) is 0 Å². The highest BCUT2D eigenvalue weighted by Gasteiger charge is 2.53. The standard InChI is InChI=1S/C20H34FI/c1-14(5-6-16(3)21)13-15(2)17(4)20(11-12-20)18-7-9-19(22)10-8-18/h15-19H,1,5-13H2,2-4H3/t15?,16?,17-,18?,19?/m0/s1. The van der Waals surface area contributed by atoms with Crippen LogP contribution < -0.4 is 0 Å². The van der Waals surface area contributed by atoms with Crippen LogP contribution in [0.4, 0.5) is 4.39 Å². The van der Waals surface area contributed by atoms with E-state index in [1.54, 1.807) is 6.92 Å². The summed E-state index contributed by atoms with van der Waals surface area (Å²) >= 11 is 2.63. The minimum atomic E-state index is -0.692. The number of allylic oxidation sites excluding steroid dienone is 1. The third kappa shape index (κ3) is 4.70. The molecular weight excluding hydrogens is 386 g/mol. The van der Waals surface area contributed by atoms with Gasteiger partial charge in [-0.15, -0.1) is 0 Å². The lowest BCUT2D eigenvalue weighted by molar-refractivity contribution is 0.126. The van der Waals surface area contributed by atoms with E-state index in [0.717, 1.165) is 28.6 Å². The molecule has 0 spiro atoms. The highest BCUT2D eigenvalue weighted by molar-refractivity contribution is 14.1. The molecule has 2 saturated carbocycles. The first-order chi connectivity index (χ1) is 10.3. The van der Waals surface area contributed by atoms with E-state index in [-0.39, 0.29) is 0 Å². The molecule has 2 fully saturated rings. The van der Waals surface area contributed by atoms with Gasteiger partial charge in [-0.25, -0.2) is 4.39 Å². The van der Waals surface area contributed by atoms with Gasteiger partial charge in [0.15, 0.2) is 0 Å². The first-order valence-electron chi connectivity index (χ1n) is 9.30. The van der Waals surface area contributed by atoms with Crippen molar-refractivity contribution in [3.05, 3.63) is 12.2 Å². The summed E-state index contributed by atoms with van der Waals surface area (Å²) in [6.07, 6.45) is 10.6. The lowest BCUT2D eigenvalue weighted by Gasteiger charge is -2.39. The Morgan fingerprint density at radius 2 is 1.77 bits per heavy atom. The van der Waals surface area contributed by atoms with Gasteiger partial charge in [0.05, 0.1) is 6.17 Å². The van der Waals surface area contributed by atoms with E-state index in [1.165, 1.54) is 44.1 Å². The Bertz CT molecular complexity index is 364. The smallest absolute Gasteiger partial charge is 0.0976 e. The van der Waals surface area contributed by atoms with E-state index in [2.05, 4.69) is 43.0 Å². The predicted molar refractivity (Wildman–Crippen MR) is 103 cm³/mol. The molecule has 0 aliphatic heterocycles. The van der Waals surface area contributed by atoms with E-state index >= 15 is 0 Å². The first-order valence-corrected chi connectivity index (χ1v) is 10.5. The van der Waals surface area contributed by atoms with Crippen LogP contribution in [-0.2, 0) is 0 Å². The van der Waals surface area contributed by atoms with E-state index < -0.39 is 6.17 Å². The molecule has 0 amide bonds. The molecule has 0 aromatic heterocycles. The van der Waals surface area contributed by atoms with Crippen molar-refractivity contribution in [2.24, 2.45) is 23.2 Å².